The Kier molecular flexibility index (Phi) is 44.2. The molecule has 0 saturated carbocycles. The molecule has 338 valence electrons. The zero-order chi connectivity index (χ0) is 42.4. The second-order valence-electron chi connectivity index (χ2n) is 16.9. The van der Waals surface area contributed by atoms with E-state index in [0.717, 1.165) is 70.6 Å². The van der Waals surface area contributed by atoms with Crippen LogP contribution in [-0.4, -0.2) is 46.9 Å². The highest BCUT2D eigenvalue weighted by atomic mass is 16.5. The predicted octanol–water partition coefficient (Wildman–Crippen LogP) is 14.7. The molecule has 0 aliphatic carbocycles. The molecule has 0 bridgehead atoms. The molecule has 3 atom stereocenters. The summed E-state index contributed by atoms with van der Waals surface area (Å²) in [6.45, 7) is 6.34. The zero-order valence-electron chi connectivity index (χ0n) is 38.4. The van der Waals surface area contributed by atoms with Crippen LogP contribution < -0.4 is 5.32 Å². The Hall–Kier alpha value is -2.18. The van der Waals surface area contributed by atoms with E-state index in [4.69, 9.17) is 4.74 Å². The van der Waals surface area contributed by atoms with Gasteiger partial charge in [-0.25, -0.2) is 0 Å². The van der Waals surface area contributed by atoms with Crippen molar-refractivity contribution in [3.63, 3.8) is 0 Å². The summed E-state index contributed by atoms with van der Waals surface area (Å²) in [5.74, 6) is -0.514. The molecule has 0 rings (SSSR count). The summed E-state index contributed by atoms with van der Waals surface area (Å²) in [6.07, 6.45) is 54.5. The van der Waals surface area contributed by atoms with Gasteiger partial charge in [-0.15, -0.1) is 0 Å². The number of hydrogen-bond donors (Lipinski definition) is 3. The number of rotatable bonds is 44. The fraction of sp³-hybridized carbons (Fsp3) is 0.808. The van der Waals surface area contributed by atoms with Gasteiger partial charge in [0.15, 0.2) is 0 Å². The lowest BCUT2D eigenvalue weighted by atomic mass is 10.0. The van der Waals surface area contributed by atoms with E-state index in [0.29, 0.717) is 19.3 Å². The van der Waals surface area contributed by atoms with Gasteiger partial charge in [0, 0.05) is 6.42 Å². The highest BCUT2D eigenvalue weighted by Gasteiger charge is 2.24. The molecule has 3 unspecified atom stereocenters. The van der Waals surface area contributed by atoms with Crippen LogP contribution in [-0.2, 0) is 14.3 Å². The number of unbranched alkanes of at least 4 members (excludes halogenated alkanes) is 27. The SMILES string of the molecule is CC/C=C/C=C/C=C\C=C/CCCCCC(=O)OC(CCCCCCCCCCCCCC)CC(=O)NC(CO)C(O)CCCCCCCCCCCCCCCC. The number of amides is 1. The van der Waals surface area contributed by atoms with E-state index in [1.54, 1.807) is 0 Å². The number of aliphatic hydroxyl groups excluding tert-OH is 2. The minimum absolute atomic E-state index is 0.0637. The molecule has 58 heavy (non-hydrogen) atoms. The molecule has 3 N–H and O–H groups in total. The quantitative estimate of drug-likeness (QED) is 0.0323. The van der Waals surface area contributed by atoms with Crippen molar-refractivity contribution in [2.45, 2.75) is 264 Å². The van der Waals surface area contributed by atoms with Crippen molar-refractivity contribution in [3.05, 3.63) is 48.6 Å². The minimum Gasteiger partial charge on any atom is -0.462 e. The third-order valence-electron chi connectivity index (χ3n) is 11.3. The molecule has 0 radical (unpaired) electrons. The molecule has 1 amide bonds. The number of esters is 1. The van der Waals surface area contributed by atoms with E-state index in [1.807, 2.05) is 24.3 Å². The van der Waals surface area contributed by atoms with Gasteiger partial charge < -0.3 is 20.3 Å². The van der Waals surface area contributed by atoms with Gasteiger partial charge in [-0.3, -0.25) is 9.59 Å². The summed E-state index contributed by atoms with van der Waals surface area (Å²) in [7, 11) is 0. The van der Waals surface area contributed by atoms with Crippen LogP contribution in [0.5, 0.6) is 0 Å². The van der Waals surface area contributed by atoms with Crippen LogP contribution in [0.3, 0.4) is 0 Å². The molecular weight excluding hydrogens is 719 g/mol. The summed E-state index contributed by atoms with van der Waals surface area (Å²) < 4.78 is 5.90. The van der Waals surface area contributed by atoms with Crippen molar-refractivity contribution in [1.82, 2.24) is 5.32 Å². The molecule has 0 aromatic rings. The lowest BCUT2D eigenvalue weighted by Gasteiger charge is -2.24. The molecule has 0 fully saturated rings. The number of aliphatic hydroxyl groups is 2. The fourth-order valence-electron chi connectivity index (χ4n) is 7.50. The normalized spacial score (nSPS) is 13.7. The Labute approximate surface area is 359 Å². The van der Waals surface area contributed by atoms with Gasteiger partial charge >= 0.3 is 5.97 Å². The molecule has 0 saturated heterocycles. The Morgan fingerprint density at radius 3 is 1.40 bits per heavy atom. The highest BCUT2D eigenvalue weighted by Crippen LogP contribution is 2.18. The highest BCUT2D eigenvalue weighted by molar-refractivity contribution is 5.77. The molecule has 0 aliphatic heterocycles. The van der Waals surface area contributed by atoms with Gasteiger partial charge in [0.1, 0.15) is 6.10 Å². The molecule has 0 spiro atoms. The molecule has 0 aromatic carbocycles. The summed E-state index contributed by atoms with van der Waals surface area (Å²) in [6, 6.07) is -0.707. The number of nitrogens with one attached hydrogen (secondary N) is 1. The Morgan fingerprint density at radius 1 is 0.517 bits per heavy atom. The van der Waals surface area contributed by atoms with Gasteiger partial charge in [-0.2, -0.15) is 0 Å². The Bertz CT molecular complexity index is 1000. The van der Waals surface area contributed by atoms with Crippen LogP contribution in [0.1, 0.15) is 245 Å². The summed E-state index contributed by atoms with van der Waals surface area (Å²) in [5, 5.41) is 23.7. The lowest BCUT2D eigenvalue weighted by Crippen LogP contribution is -2.46. The average Bonchev–Trinajstić information content (AvgIpc) is 3.22. The van der Waals surface area contributed by atoms with Crippen LogP contribution in [0.25, 0.3) is 0 Å². The Balaban J connectivity index is 4.60. The van der Waals surface area contributed by atoms with Crippen molar-refractivity contribution in [1.29, 1.82) is 0 Å². The van der Waals surface area contributed by atoms with Gasteiger partial charge in [0.05, 0.1) is 25.2 Å². The number of hydrogen-bond acceptors (Lipinski definition) is 5. The van der Waals surface area contributed by atoms with Gasteiger partial charge in [-0.1, -0.05) is 236 Å². The van der Waals surface area contributed by atoms with Gasteiger partial charge in [0.25, 0.3) is 0 Å². The molecule has 0 heterocycles. The molecular formula is C52H95NO5. The maximum absolute atomic E-state index is 13.2. The molecule has 6 heteroatoms. The van der Waals surface area contributed by atoms with Crippen molar-refractivity contribution in [3.8, 4) is 0 Å². The fourth-order valence-corrected chi connectivity index (χ4v) is 7.50. The van der Waals surface area contributed by atoms with E-state index in [9.17, 15) is 19.8 Å². The van der Waals surface area contributed by atoms with E-state index in [-0.39, 0.29) is 24.9 Å². The first-order valence-corrected chi connectivity index (χ1v) is 24.9. The third kappa shape index (κ3) is 40.6. The standard InChI is InChI=1S/C52H95NO5/c1-4-7-10-13-16-19-22-25-27-29-32-35-38-41-44-50(55)49(47-54)53-51(56)46-48(43-40-37-34-31-28-24-21-18-15-12-9-6-3)58-52(57)45-42-39-36-33-30-26-23-20-17-14-11-8-5-2/h8,11,14,17,20,23,26,30,48-50,54-55H,4-7,9-10,12-13,15-16,18-19,21-22,24-25,27-29,31-47H2,1-3H3,(H,53,56)/b11-8+,17-14+,23-20-,30-26-. The summed E-state index contributed by atoms with van der Waals surface area (Å²) in [4.78, 5) is 26.1. The largest absolute Gasteiger partial charge is 0.462 e. The second-order valence-corrected chi connectivity index (χ2v) is 16.9. The average molecular weight is 814 g/mol. The van der Waals surface area contributed by atoms with E-state index in [2.05, 4.69) is 50.4 Å². The maximum atomic E-state index is 13.2. The number of allylic oxidation sites excluding steroid dienone is 8. The first kappa shape index (κ1) is 55.8. The number of ether oxygens (including phenoxy) is 1. The van der Waals surface area contributed by atoms with Crippen molar-refractivity contribution in [2.75, 3.05) is 6.61 Å². The molecule has 0 aliphatic rings. The topological polar surface area (TPSA) is 95.9 Å². The van der Waals surface area contributed by atoms with E-state index >= 15 is 0 Å². The smallest absolute Gasteiger partial charge is 0.306 e. The van der Waals surface area contributed by atoms with Gasteiger partial charge in [0.2, 0.25) is 5.91 Å². The van der Waals surface area contributed by atoms with Crippen LogP contribution in [0.15, 0.2) is 48.6 Å². The van der Waals surface area contributed by atoms with Crippen molar-refractivity contribution < 1.29 is 24.5 Å². The monoisotopic (exact) mass is 814 g/mol. The van der Waals surface area contributed by atoms with Crippen LogP contribution in [0.2, 0.25) is 0 Å². The minimum atomic E-state index is -0.792. The van der Waals surface area contributed by atoms with Gasteiger partial charge in [-0.05, 0) is 44.9 Å². The van der Waals surface area contributed by atoms with E-state index < -0.39 is 18.2 Å². The first-order chi connectivity index (χ1) is 28.5. The molecule has 0 aromatic heterocycles. The predicted molar refractivity (Wildman–Crippen MR) is 250 cm³/mol. The van der Waals surface area contributed by atoms with Crippen LogP contribution in [0.4, 0.5) is 0 Å². The van der Waals surface area contributed by atoms with Crippen molar-refractivity contribution >= 4 is 11.9 Å². The Morgan fingerprint density at radius 2 is 0.931 bits per heavy atom. The van der Waals surface area contributed by atoms with Crippen molar-refractivity contribution in [2.24, 2.45) is 0 Å². The number of carbonyl (C=O) groups is 2. The third-order valence-corrected chi connectivity index (χ3v) is 11.3. The van der Waals surface area contributed by atoms with E-state index in [1.165, 1.54) is 128 Å². The second kappa shape index (κ2) is 45.9. The maximum Gasteiger partial charge on any atom is 0.306 e. The summed E-state index contributed by atoms with van der Waals surface area (Å²) in [5.41, 5.74) is 0. The van der Waals surface area contributed by atoms with Crippen LogP contribution in [0, 0.1) is 0 Å². The zero-order valence-corrected chi connectivity index (χ0v) is 38.4. The molecule has 6 nitrogen and oxygen atoms in total. The summed E-state index contributed by atoms with van der Waals surface area (Å²) >= 11 is 0. The lowest BCUT2D eigenvalue weighted by molar-refractivity contribution is -0.151. The number of carbonyl (C=O) groups excluding carboxylic acids is 2. The first-order valence-electron chi connectivity index (χ1n) is 24.9. The van der Waals surface area contributed by atoms with Crippen LogP contribution >= 0.6 is 0 Å².